The highest BCUT2D eigenvalue weighted by molar-refractivity contribution is 7.47. The van der Waals surface area contributed by atoms with Crippen molar-refractivity contribution >= 4 is 7.82 Å². The van der Waals surface area contributed by atoms with Gasteiger partial charge < -0.3 is 47.5 Å². The molecule has 14 heteroatoms. The first kappa shape index (κ1) is 44.8. The van der Waals surface area contributed by atoms with Gasteiger partial charge in [-0.3, -0.25) is 9.05 Å². The Hall–Kier alpha value is -1.19. The third-order valence-electron chi connectivity index (χ3n) is 6.56. The van der Waals surface area contributed by atoms with Crippen molar-refractivity contribution in [3.63, 3.8) is 0 Å². The van der Waals surface area contributed by atoms with Gasteiger partial charge in [-0.1, -0.05) is 51.3 Å². The van der Waals surface area contributed by atoms with Crippen molar-refractivity contribution in [3.8, 4) is 5.75 Å². The standard InChI is InChI=1S/C34H63O13P/c1-4-46-48(35,36)47-31-29-44-27-25-42-23-21-40-19-17-38-15-14-37-16-18-39-20-22-41-24-26-43-28-30-45-34-13-9-8-12-33(34)11-7-5-6-10-32(2)3/h8-9,12-13,32H,4-7,10-11,14-31H2,1-3H3,(H,35,36). The van der Waals surface area contributed by atoms with Crippen LogP contribution in [0.15, 0.2) is 24.3 Å². The van der Waals surface area contributed by atoms with Crippen LogP contribution >= 0.6 is 7.82 Å². The molecule has 1 aromatic carbocycles. The maximum Gasteiger partial charge on any atom is 0.472 e. The number of rotatable bonds is 37. The molecule has 0 aliphatic heterocycles. The molecule has 1 atom stereocenters. The van der Waals surface area contributed by atoms with Crippen molar-refractivity contribution in [1.82, 2.24) is 0 Å². The third-order valence-corrected chi connectivity index (χ3v) is 7.66. The molecule has 0 bridgehead atoms. The SMILES string of the molecule is CCOP(=O)(O)OCCOCCOCCOCCOCCOCCOCCOCCOCCOc1ccccc1CCCCCC(C)C. The van der Waals surface area contributed by atoms with E-state index in [1.807, 2.05) is 12.1 Å². The highest BCUT2D eigenvalue weighted by Gasteiger charge is 2.19. The van der Waals surface area contributed by atoms with Crippen LogP contribution in [0.1, 0.15) is 52.0 Å². The molecule has 0 amide bonds. The summed E-state index contributed by atoms with van der Waals surface area (Å²) in [7, 11) is -3.96. The van der Waals surface area contributed by atoms with E-state index < -0.39 is 7.82 Å². The molecule has 0 saturated carbocycles. The van der Waals surface area contributed by atoms with Crippen molar-refractivity contribution in [2.75, 3.05) is 126 Å². The molecule has 0 aliphatic carbocycles. The van der Waals surface area contributed by atoms with Gasteiger partial charge in [0.1, 0.15) is 12.4 Å². The van der Waals surface area contributed by atoms with Crippen LogP contribution in [-0.2, 0) is 57.9 Å². The van der Waals surface area contributed by atoms with Crippen molar-refractivity contribution in [1.29, 1.82) is 0 Å². The van der Waals surface area contributed by atoms with Gasteiger partial charge in [0.05, 0.1) is 119 Å². The molecule has 282 valence electrons. The predicted octanol–water partition coefficient (Wildman–Crippen LogP) is 5.11. The third kappa shape index (κ3) is 29.7. The van der Waals surface area contributed by atoms with Crippen LogP contribution in [0.2, 0.25) is 0 Å². The molecule has 0 aliphatic rings. The zero-order chi connectivity index (χ0) is 34.8. The molecule has 13 nitrogen and oxygen atoms in total. The second-order valence-corrected chi connectivity index (χ2v) is 12.5. The summed E-state index contributed by atoms with van der Waals surface area (Å²) in [5.74, 6) is 1.74. The lowest BCUT2D eigenvalue weighted by atomic mass is 10.0. The molecule has 0 spiro atoms. The molecule has 0 saturated heterocycles. The highest BCUT2D eigenvalue weighted by atomic mass is 31.2. The van der Waals surface area contributed by atoms with E-state index in [1.54, 1.807) is 6.92 Å². The summed E-state index contributed by atoms with van der Waals surface area (Å²) in [5, 5.41) is 0. The predicted molar refractivity (Wildman–Crippen MR) is 183 cm³/mol. The average Bonchev–Trinajstić information content (AvgIpc) is 3.06. The van der Waals surface area contributed by atoms with E-state index in [0.29, 0.717) is 106 Å². The molecule has 1 rings (SSSR count). The van der Waals surface area contributed by atoms with Crippen LogP contribution < -0.4 is 4.74 Å². The Labute approximate surface area is 288 Å². The number of phosphoric acid groups is 1. The number of hydrogen-bond acceptors (Lipinski definition) is 12. The maximum atomic E-state index is 11.3. The lowest BCUT2D eigenvalue weighted by molar-refractivity contribution is -0.0243. The molecule has 48 heavy (non-hydrogen) atoms. The fourth-order valence-electron chi connectivity index (χ4n) is 4.16. The quantitative estimate of drug-likeness (QED) is 0.0724. The number of phosphoric ester groups is 1. The molecule has 0 aromatic heterocycles. The zero-order valence-electron chi connectivity index (χ0n) is 29.7. The molecule has 0 radical (unpaired) electrons. The number of benzene rings is 1. The van der Waals surface area contributed by atoms with Crippen LogP contribution in [0.5, 0.6) is 5.75 Å². The number of hydrogen-bond donors (Lipinski definition) is 1. The summed E-state index contributed by atoms with van der Waals surface area (Å²) < 4.78 is 70.3. The Morgan fingerprint density at radius 1 is 0.562 bits per heavy atom. The van der Waals surface area contributed by atoms with E-state index in [1.165, 1.54) is 31.2 Å². The minimum atomic E-state index is -3.96. The first-order valence-corrected chi connectivity index (χ1v) is 18.9. The lowest BCUT2D eigenvalue weighted by Crippen LogP contribution is -2.15. The van der Waals surface area contributed by atoms with Crippen LogP contribution in [0.25, 0.3) is 0 Å². The summed E-state index contributed by atoms with van der Waals surface area (Å²) in [6.45, 7) is 14.0. The molecular formula is C34H63O13P. The van der Waals surface area contributed by atoms with E-state index in [2.05, 4.69) is 30.5 Å². The lowest BCUT2D eigenvalue weighted by Gasteiger charge is -2.12. The van der Waals surface area contributed by atoms with Crippen LogP contribution in [-0.4, -0.2) is 130 Å². The molecule has 1 N–H and O–H groups in total. The van der Waals surface area contributed by atoms with Crippen molar-refractivity contribution < 1.29 is 61.1 Å². The zero-order valence-corrected chi connectivity index (χ0v) is 30.5. The number of para-hydroxylation sites is 1. The summed E-state index contributed by atoms with van der Waals surface area (Å²) in [6.07, 6.45) is 6.10. The normalized spacial score (nSPS) is 12.9. The van der Waals surface area contributed by atoms with E-state index in [9.17, 15) is 9.46 Å². The Balaban J connectivity index is 1.76. The minimum Gasteiger partial charge on any atom is -0.491 e. The summed E-state index contributed by atoms with van der Waals surface area (Å²) >= 11 is 0. The van der Waals surface area contributed by atoms with Crippen LogP contribution in [0.4, 0.5) is 0 Å². The van der Waals surface area contributed by atoms with Gasteiger partial charge in [-0.2, -0.15) is 0 Å². The van der Waals surface area contributed by atoms with Gasteiger partial charge in [-0.25, -0.2) is 4.57 Å². The van der Waals surface area contributed by atoms with Crippen LogP contribution in [0.3, 0.4) is 0 Å². The largest absolute Gasteiger partial charge is 0.491 e. The Morgan fingerprint density at radius 2 is 0.979 bits per heavy atom. The second-order valence-electron chi connectivity index (χ2n) is 11.1. The molecule has 1 unspecified atom stereocenters. The summed E-state index contributed by atoms with van der Waals surface area (Å²) in [4.78, 5) is 9.24. The second kappa shape index (κ2) is 33.0. The monoisotopic (exact) mass is 710 g/mol. The minimum absolute atomic E-state index is 0.0322. The van der Waals surface area contributed by atoms with E-state index in [-0.39, 0.29) is 19.8 Å². The number of unbranched alkanes of at least 4 members (excludes halogenated alkanes) is 2. The number of ether oxygens (including phenoxy) is 9. The molecule has 0 heterocycles. The molecule has 1 aromatic rings. The summed E-state index contributed by atoms with van der Waals surface area (Å²) in [6, 6.07) is 8.29. The number of aryl methyl sites for hydroxylation is 1. The fourth-order valence-corrected chi connectivity index (χ4v) is 4.87. The molecular weight excluding hydrogens is 647 g/mol. The average molecular weight is 711 g/mol. The highest BCUT2D eigenvalue weighted by Crippen LogP contribution is 2.42. The van der Waals surface area contributed by atoms with Crippen molar-refractivity contribution in [2.24, 2.45) is 5.92 Å². The topological polar surface area (TPSA) is 139 Å². The van der Waals surface area contributed by atoms with Gasteiger partial charge in [-0.15, -0.1) is 0 Å². The van der Waals surface area contributed by atoms with Crippen molar-refractivity contribution in [3.05, 3.63) is 29.8 Å². The molecule has 0 fully saturated rings. The first-order chi connectivity index (χ1) is 23.4. The van der Waals surface area contributed by atoms with Gasteiger partial charge in [0.15, 0.2) is 0 Å². The van der Waals surface area contributed by atoms with Gasteiger partial charge in [-0.05, 0) is 37.3 Å². The maximum absolute atomic E-state index is 11.3. The van der Waals surface area contributed by atoms with Gasteiger partial charge in [0.2, 0.25) is 0 Å². The summed E-state index contributed by atoms with van der Waals surface area (Å²) in [5.41, 5.74) is 1.27. The van der Waals surface area contributed by atoms with Crippen LogP contribution in [0, 0.1) is 5.92 Å². The van der Waals surface area contributed by atoms with E-state index in [0.717, 1.165) is 18.1 Å². The fraction of sp³-hybridized carbons (Fsp3) is 0.824. The Bertz CT molecular complexity index is 877. The van der Waals surface area contributed by atoms with Crippen molar-refractivity contribution in [2.45, 2.75) is 52.9 Å². The van der Waals surface area contributed by atoms with E-state index in [4.69, 9.17) is 47.2 Å². The van der Waals surface area contributed by atoms with Gasteiger partial charge in [0.25, 0.3) is 0 Å². The first-order valence-electron chi connectivity index (χ1n) is 17.4. The van der Waals surface area contributed by atoms with E-state index >= 15 is 0 Å². The van der Waals surface area contributed by atoms with Gasteiger partial charge >= 0.3 is 7.82 Å². The smallest absolute Gasteiger partial charge is 0.472 e. The Kier molecular flexibility index (Phi) is 30.8. The Morgan fingerprint density at radius 3 is 1.42 bits per heavy atom. The van der Waals surface area contributed by atoms with Gasteiger partial charge in [0, 0.05) is 0 Å².